The van der Waals surface area contributed by atoms with Gasteiger partial charge in [0, 0.05) is 42.3 Å². The second kappa shape index (κ2) is 12.7. The first kappa shape index (κ1) is 35.4. The number of amides is 1. The topological polar surface area (TPSA) is 87.5 Å². The predicted octanol–water partition coefficient (Wildman–Crippen LogP) is 8.22. The van der Waals surface area contributed by atoms with E-state index in [1.807, 2.05) is 12.1 Å². The highest BCUT2D eigenvalue weighted by atomic mass is 35.5. The van der Waals surface area contributed by atoms with Crippen LogP contribution in [0.15, 0.2) is 66.7 Å². The van der Waals surface area contributed by atoms with E-state index in [0.717, 1.165) is 54.8 Å². The van der Waals surface area contributed by atoms with Crippen molar-refractivity contribution in [3.8, 4) is 0 Å². The lowest BCUT2D eigenvalue weighted by Crippen LogP contribution is -2.74. The molecule has 4 atom stereocenters. The molecule has 1 aromatic heterocycles. The highest BCUT2D eigenvalue weighted by Crippen LogP contribution is 2.67. The summed E-state index contributed by atoms with van der Waals surface area (Å²) in [6, 6.07) is 19.9. The number of hydrogen-bond donors (Lipinski definition) is 1. The van der Waals surface area contributed by atoms with Crippen molar-refractivity contribution >= 4 is 44.3 Å². The van der Waals surface area contributed by atoms with Gasteiger partial charge >= 0.3 is 15.5 Å². The van der Waals surface area contributed by atoms with Gasteiger partial charge in [-0.25, -0.2) is 9.37 Å². The maximum Gasteiger partial charge on any atom is 0.516 e. The largest absolute Gasteiger partial charge is 0.516 e. The number of anilines is 1. The number of nitrogens with one attached hydrogen (secondary N) is 1. The third-order valence-electron chi connectivity index (χ3n) is 12.5. The summed E-state index contributed by atoms with van der Waals surface area (Å²) in [4.78, 5) is 22.8. The lowest BCUT2D eigenvalue weighted by Gasteiger charge is -2.68. The number of carbonyl (C=O) groups is 1. The van der Waals surface area contributed by atoms with Gasteiger partial charge in [0.05, 0.1) is 21.6 Å². The molecule has 2 aliphatic carbocycles. The zero-order valence-electron chi connectivity index (χ0n) is 28.7. The molecule has 2 aliphatic heterocycles. The molecule has 4 fully saturated rings. The number of aromatic nitrogens is 2. The van der Waals surface area contributed by atoms with Gasteiger partial charge in [0.2, 0.25) is 0 Å². The quantitative estimate of drug-likeness (QED) is 0.174. The first-order valence-electron chi connectivity index (χ1n) is 17.8. The molecule has 1 spiro atoms. The maximum absolute atomic E-state index is 14.6. The third kappa shape index (κ3) is 5.78. The van der Waals surface area contributed by atoms with E-state index < -0.39 is 27.1 Å². The van der Waals surface area contributed by atoms with Crippen molar-refractivity contribution in [3.63, 3.8) is 0 Å². The van der Waals surface area contributed by atoms with E-state index >= 15 is 0 Å². The normalized spacial score (nSPS) is 25.7. The van der Waals surface area contributed by atoms with Crippen molar-refractivity contribution < 1.29 is 30.8 Å². The monoisotopic (exact) mass is 757 g/mol. The molecule has 14 heteroatoms. The van der Waals surface area contributed by atoms with E-state index in [0.29, 0.717) is 49.5 Å². The second-order valence-corrected chi connectivity index (χ2v) is 17.2. The van der Waals surface area contributed by atoms with Gasteiger partial charge in [-0.2, -0.15) is 21.6 Å². The molecule has 1 amide bonds. The van der Waals surface area contributed by atoms with Crippen LogP contribution >= 0.6 is 11.6 Å². The van der Waals surface area contributed by atoms with Gasteiger partial charge in [-0.15, -0.1) is 0 Å². The molecule has 2 saturated carbocycles. The fourth-order valence-corrected chi connectivity index (χ4v) is 10.8. The van der Waals surface area contributed by atoms with E-state index in [4.69, 9.17) is 16.6 Å². The van der Waals surface area contributed by atoms with E-state index in [9.17, 15) is 30.8 Å². The molecule has 8 rings (SSSR count). The molecular formula is C38H40ClF4N5O3S. The Bertz CT molecular complexity index is 2150. The number of alkyl halides is 3. The number of sulfonamides is 1. The van der Waals surface area contributed by atoms with Crippen LogP contribution in [-0.4, -0.2) is 70.9 Å². The molecule has 8 nitrogen and oxygen atoms in total. The fraction of sp³-hybridized carbons (Fsp3) is 0.474. The van der Waals surface area contributed by atoms with E-state index in [-0.39, 0.29) is 21.8 Å². The van der Waals surface area contributed by atoms with Crippen molar-refractivity contribution in [1.82, 2.24) is 19.4 Å². The van der Waals surface area contributed by atoms with Crippen LogP contribution in [0.5, 0.6) is 0 Å². The Morgan fingerprint density at radius 3 is 2.50 bits per heavy atom. The van der Waals surface area contributed by atoms with E-state index in [2.05, 4.69) is 34.6 Å². The molecule has 3 aromatic carbocycles. The standard InChI is InChI=1S/C38H40ClF4N5O3S/c1-24-44-31-8-2-3-9-32(31)48(24)28-22-34-37(23-28)14-12-33(37)47(34)17-5-13-36(25-6-4-7-26(40)20-25)15-18-46(19-16-36)35(49)29-21-27(10-11-30(29)39)45-52(50,51)38(41,42)43/h2-4,6-11,20-21,28,33-34,45H,5,12-19,22-23H2,1H3. The minimum absolute atomic E-state index is 0.00548. The molecular weight excluding hydrogens is 718 g/mol. The zero-order chi connectivity index (χ0) is 36.6. The van der Waals surface area contributed by atoms with Crippen molar-refractivity contribution in [2.24, 2.45) is 5.41 Å². The van der Waals surface area contributed by atoms with Crippen molar-refractivity contribution in [2.75, 3.05) is 24.4 Å². The number of piperidine rings is 2. The van der Waals surface area contributed by atoms with E-state index in [1.165, 1.54) is 41.6 Å². The lowest BCUT2D eigenvalue weighted by atomic mass is 9.53. The van der Waals surface area contributed by atoms with Crippen LogP contribution in [0.1, 0.15) is 79.2 Å². The van der Waals surface area contributed by atoms with Gasteiger partial charge in [0.25, 0.3) is 5.91 Å². The second-order valence-electron chi connectivity index (χ2n) is 15.1. The Morgan fingerprint density at radius 1 is 1.02 bits per heavy atom. The summed E-state index contributed by atoms with van der Waals surface area (Å²) in [7, 11) is -5.68. The summed E-state index contributed by atoms with van der Waals surface area (Å²) >= 11 is 6.30. The summed E-state index contributed by atoms with van der Waals surface area (Å²) in [5.41, 5.74) is -2.90. The highest BCUT2D eigenvalue weighted by Gasteiger charge is 2.69. The van der Waals surface area contributed by atoms with Crippen LogP contribution in [0.2, 0.25) is 5.02 Å². The average molecular weight is 758 g/mol. The van der Waals surface area contributed by atoms with Crippen molar-refractivity contribution in [3.05, 3.63) is 94.5 Å². The van der Waals surface area contributed by atoms with Crippen LogP contribution in [0.3, 0.4) is 0 Å². The molecule has 0 radical (unpaired) electrons. The number of halogens is 5. The van der Waals surface area contributed by atoms with Crippen LogP contribution < -0.4 is 4.72 Å². The summed E-state index contributed by atoms with van der Waals surface area (Å²) in [6.07, 6.45) is 7.60. The van der Waals surface area contributed by atoms with Gasteiger partial charge in [0.1, 0.15) is 11.6 Å². The summed E-state index contributed by atoms with van der Waals surface area (Å²) in [5.74, 6) is 0.236. The number of likely N-dealkylation sites (tertiary alicyclic amines) is 2. The van der Waals surface area contributed by atoms with Crippen LogP contribution in [0, 0.1) is 18.2 Å². The number of nitrogens with zero attached hydrogens (tertiary/aromatic N) is 4. The first-order chi connectivity index (χ1) is 24.7. The number of aryl methyl sites for hydroxylation is 1. The fourth-order valence-electron chi connectivity index (χ4n) is 10.0. The van der Waals surface area contributed by atoms with Gasteiger partial charge < -0.3 is 9.47 Å². The Kier molecular flexibility index (Phi) is 8.65. The highest BCUT2D eigenvalue weighted by molar-refractivity contribution is 7.93. The van der Waals surface area contributed by atoms with Gasteiger partial charge in [-0.1, -0.05) is 35.9 Å². The lowest BCUT2D eigenvalue weighted by molar-refractivity contribution is -0.188. The minimum atomic E-state index is -5.68. The van der Waals surface area contributed by atoms with Crippen molar-refractivity contribution in [1.29, 1.82) is 0 Å². The molecule has 4 unspecified atom stereocenters. The Labute approximate surface area is 305 Å². The number of carbonyl (C=O) groups excluding carboxylic acids is 1. The minimum Gasteiger partial charge on any atom is -0.339 e. The molecule has 52 heavy (non-hydrogen) atoms. The van der Waals surface area contributed by atoms with Crippen LogP contribution in [0.4, 0.5) is 23.2 Å². The number of rotatable bonds is 9. The first-order valence-corrected chi connectivity index (χ1v) is 19.7. The number of benzene rings is 3. The Morgan fingerprint density at radius 2 is 1.79 bits per heavy atom. The SMILES string of the molecule is Cc1nc2ccccc2n1C1CC2N(CCCC3(c4cccc(F)c4)CCN(C(=O)c4cc(NS(=O)(=O)C(F)(F)F)ccc4Cl)CC3)C3CCC32C1. The van der Waals surface area contributed by atoms with Crippen LogP contribution in [0.25, 0.3) is 11.0 Å². The molecule has 2 saturated heterocycles. The summed E-state index contributed by atoms with van der Waals surface area (Å²) < 4.78 is 80.9. The molecule has 0 bridgehead atoms. The predicted molar refractivity (Wildman–Crippen MR) is 191 cm³/mol. The van der Waals surface area contributed by atoms with Gasteiger partial charge in [0.15, 0.2) is 0 Å². The van der Waals surface area contributed by atoms with Crippen LogP contribution in [-0.2, 0) is 15.4 Å². The smallest absolute Gasteiger partial charge is 0.339 e. The third-order valence-corrected chi connectivity index (χ3v) is 14.0. The maximum atomic E-state index is 14.6. The van der Waals surface area contributed by atoms with Gasteiger partial charge in [-0.3, -0.25) is 14.4 Å². The number of imidazole rings is 1. The number of para-hydroxylation sites is 2. The van der Waals surface area contributed by atoms with E-state index in [1.54, 1.807) is 17.0 Å². The Hall–Kier alpha value is -3.68. The molecule has 4 aliphatic rings. The van der Waals surface area contributed by atoms with Gasteiger partial charge in [-0.05, 0) is 118 Å². The molecule has 276 valence electrons. The summed E-state index contributed by atoms with van der Waals surface area (Å²) in [6.45, 7) is 3.69. The Balaban J connectivity index is 0.954. The molecule has 1 N–H and O–H groups in total. The number of fused-ring (bicyclic) bond motifs is 1. The zero-order valence-corrected chi connectivity index (χ0v) is 30.2. The summed E-state index contributed by atoms with van der Waals surface area (Å²) in [5, 5.41) is -0.00548. The van der Waals surface area contributed by atoms with Crippen molar-refractivity contribution in [2.45, 2.75) is 87.3 Å². The molecule has 3 heterocycles. The molecule has 4 aromatic rings. The average Bonchev–Trinajstić information content (AvgIpc) is 3.64. The number of hydrogen-bond acceptors (Lipinski definition) is 5.